The zero-order valence-electron chi connectivity index (χ0n) is 8.98. The van der Waals surface area contributed by atoms with Gasteiger partial charge in [-0.05, 0) is 56.9 Å². The number of halogens is 1. The Bertz CT molecular complexity index is 237. The van der Waals surface area contributed by atoms with E-state index in [9.17, 15) is 0 Å². The van der Waals surface area contributed by atoms with Crippen molar-refractivity contribution in [1.82, 2.24) is 5.32 Å². The van der Waals surface area contributed by atoms with Crippen LogP contribution < -0.4 is 5.32 Å². The fraction of sp³-hybridized carbons (Fsp3) is 1.00. The molecule has 14 heavy (non-hydrogen) atoms. The van der Waals surface area contributed by atoms with Crippen molar-refractivity contribution in [3.05, 3.63) is 0 Å². The van der Waals surface area contributed by atoms with Crippen LogP contribution in [0.1, 0.15) is 45.4 Å². The van der Waals surface area contributed by atoms with Gasteiger partial charge >= 0.3 is 0 Å². The molecule has 4 rings (SSSR count). The summed E-state index contributed by atoms with van der Waals surface area (Å²) in [6.45, 7) is 3.39. The molecule has 0 radical (unpaired) electrons. The van der Waals surface area contributed by atoms with Gasteiger partial charge in [0.2, 0.25) is 0 Å². The van der Waals surface area contributed by atoms with E-state index < -0.39 is 0 Å². The molecule has 4 aliphatic carbocycles. The van der Waals surface area contributed by atoms with Gasteiger partial charge in [-0.25, -0.2) is 0 Å². The second kappa shape index (κ2) is 2.98. The van der Waals surface area contributed by atoms with Crippen LogP contribution in [0, 0.1) is 11.8 Å². The summed E-state index contributed by atoms with van der Waals surface area (Å²) in [5, 5.41) is 3.79. The second-order valence-electron chi connectivity index (χ2n) is 5.92. The highest BCUT2D eigenvalue weighted by Gasteiger charge is 2.56. The molecule has 0 saturated heterocycles. The summed E-state index contributed by atoms with van der Waals surface area (Å²) in [5.41, 5.74) is 0.516. The Morgan fingerprint density at radius 3 is 2.36 bits per heavy atom. The number of hydrogen-bond donors (Lipinski definition) is 1. The van der Waals surface area contributed by atoms with Crippen LogP contribution in [0.15, 0.2) is 0 Å². The van der Waals surface area contributed by atoms with E-state index in [1.165, 1.54) is 38.5 Å². The van der Waals surface area contributed by atoms with Crippen LogP contribution in [0.5, 0.6) is 0 Å². The van der Waals surface area contributed by atoms with E-state index in [2.05, 4.69) is 28.2 Å². The van der Waals surface area contributed by atoms with Gasteiger partial charge in [0.05, 0.1) is 0 Å². The maximum Gasteiger partial charge on any atom is 0.0280 e. The molecule has 4 fully saturated rings. The lowest BCUT2D eigenvalue weighted by molar-refractivity contribution is 0.00000582. The number of rotatable bonds is 2. The Morgan fingerprint density at radius 1 is 1.21 bits per heavy atom. The Labute approximate surface area is 95.2 Å². The largest absolute Gasteiger partial charge is 0.311 e. The van der Waals surface area contributed by atoms with Gasteiger partial charge < -0.3 is 5.32 Å². The molecular weight excluding hydrogens is 238 g/mol. The summed E-state index contributed by atoms with van der Waals surface area (Å²) in [7, 11) is 0. The SMILES string of the molecule is CCNC12C[C@@H]3C[C@@H](CC(Br)(C3)C1)C2. The van der Waals surface area contributed by atoms with Crippen molar-refractivity contribution in [2.24, 2.45) is 11.8 Å². The molecule has 1 N–H and O–H groups in total. The standard InChI is InChI=1S/C12H20BrN/c1-2-14-12-6-9-3-10(7-12)5-11(13,4-9)8-12/h9-10,14H,2-8H2,1H3/t9-,10+,11?,12?. The highest BCUT2D eigenvalue weighted by Crippen LogP contribution is 2.60. The molecule has 4 bridgehead atoms. The van der Waals surface area contributed by atoms with E-state index in [0.29, 0.717) is 9.86 Å². The van der Waals surface area contributed by atoms with E-state index in [0.717, 1.165) is 18.4 Å². The first-order valence-electron chi connectivity index (χ1n) is 6.07. The van der Waals surface area contributed by atoms with Crippen LogP contribution in [-0.4, -0.2) is 16.4 Å². The molecule has 4 aliphatic rings. The molecule has 0 aromatic carbocycles. The van der Waals surface area contributed by atoms with Crippen molar-refractivity contribution in [2.45, 2.75) is 55.3 Å². The Kier molecular flexibility index (Phi) is 2.05. The van der Waals surface area contributed by atoms with Crippen molar-refractivity contribution in [1.29, 1.82) is 0 Å². The highest BCUT2D eigenvalue weighted by atomic mass is 79.9. The van der Waals surface area contributed by atoms with Crippen LogP contribution in [0.3, 0.4) is 0 Å². The average Bonchev–Trinajstić information content (AvgIpc) is 1.97. The molecule has 0 aromatic heterocycles. The summed E-state index contributed by atoms with van der Waals surface area (Å²) in [4.78, 5) is 0. The predicted octanol–water partition coefficient (Wildman–Crippen LogP) is 3.08. The molecule has 0 aromatic rings. The first kappa shape index (κ1) is 9.65. The van der Waals surface area contributed by atoms with E-state index in [1.807, 2.05) is 0 Å². The zero-order valence-corrected chi connectivity index (χ0v) is 10.6. The zero-order chi connectivity index (χ0) is 9.81. The maximum absolute atomic E-state index is 4.02. The maximum atomic E-state index is 4.02. The average molecular weight is 258 g/mol. The van der Waals surface area contributed by atoms with Crippen molar-refractivity contribution in [2.75, 3.05) is 6.54 Å². The van der Waals surface area contributed by atoms with Gasteiger partial charge in [0.25, 0.3) is 0 Å². The molecule has 1 nitrogen and oxygen atoms in total. The fourth-order valence-corrected chi connectivity index (χ4v) is 6.18. The van der Waals surface area contributed by atoms with Crippen molar-refractivity contribution in [3.63, 3.8) is 0 Å². The third-order valence-corrected chi connectivity index (χ3v) is 5.47. The smallest absolute Gasteiger partial charge is 0.0280 e. The molecule has 0 amide bonds. The van der Waals surface area contributed by atoms with Crippen LogP contribution in [0.4, 0.5) is 0 Å². The van der Waals surface area contributed by atoms with Crippen molar-refractivity contribution >= 4 is 15.9 Å². The Morgan fingerprint density at radius 2 is 1.86 bits per heavy atom. The first-order valence-corrected chi connectivity index (χ1v) is 6.86. The Balaban J connectivity index is 1.89. The summed E-state index contributed by atoms with van der Waals surface area (Å²) in [6.07, 6.45) is 8.67. The third kappa shape index (κ3) is 1.37. The Hall–Kier alpha value is 0.440. The van der Waals surface area contributed by atoms with Crippen LogP contribution in [0.25, 0.3) is 0 Å². The van der Waals surface area contributed by atoms with Gasteiger partial charge in [0, 0.05) is 9.86 Å². The quantitative estimate of drug-likeness (QED) is 0.750. The molecule has 4 saturated carbocycles. The fourth-order valence-electron chi connectivity index (χ4n) is 4.73. The molecule has 80 valence electrons. The lowest BCUT2D eigenvalue weighted by atomic mass is 9.53. The number of alkyl halides is 1. The molecular formula is C12H20BrN. The van der Waals surface area contributed by atoms with Gasteiger partial charge in [-0.3, -0.25) is 0 Å². The van der Waals surface area contributed by atoms with Gasteiger partial charge in [0.15, 0.2) is 0 Å². The van der Waals surface area contributed by atoms with E-state index in [1.54, 1.807) is 0 Å². The van der Waals surface area contributed by atoms with E-state index >= 15 is 0 Å². The minimum absolute atomic E-state index is 0.513. The van der Waals surface area contributed by atoms with Crippen LogP contribution in [-0.2, 0) is 0 Å². The van der Waals surface area contributed by atoms with Crippen molar-refractivity contribution in [3.8, 4) is 0 Å². The van der Waals surface area contributed by atoms with E-state index in [4.69, 9.17) is 0 Å². The lowest BCUT2D eigenvalue weighted by Gasteiger charge is -2.60. The summed E-state index contributed by atoms with van der Waals surface area (Å²) >= 11 is 4.02. The highest BCUT2D eigenvalue weighted by molar-refractivity contribution is 9.10. The van der Waals surface area contributed by atoms with Crippen LogP contribution in [0.2, 0.25) is 0 Å². The number of nitrogens with one attached hydrogen (secondary N) is 1. The molecule has 2 heteroatoms. The summed E-state index contributed by atoms with van der Waals surface area (Å²) in [6, 6.07) is 0. The molecule has 4 atom stereocenters. The molecule has 0 spiro atoms. The van der Waals surface area contributed by atoms with Gasteiger partial charge in [0.1, 0.15) is 0 Å². The lowest BCUT2D eigenvalue weighted by Crippen LogP contribution is -2.62. The predicted molar refractivity (Wildman–Crippen MR) is 62.7 cm³/mol. The normalized spacial score (nSPS) is 55.3. The van der Waals surface area contributed by atoms with Gasteiger partial charge in [-0.1, -0.05) is 22.9 Å². The summed E-state index contributed by atoms with van der Waals surface area (Å²) < 4.78 is 0.513. The van der Waals surface area contributed by atoms with Crippen LogP contribution >= 0.6 is 15.9 Å². The molecule has 2 unspecified atom stereocenters. The number of hydrogen-bond acceptors (Lipinski definition) is 1. The molecule has 0 aliphatic heterocycles. The topological polar surface area (TPSA) is 12.0 Å². The van der Waals surface area contributed by atoms with Crippen molar-refractivity contribution < 1.29 is 0 Å². The first-order chi connectivity index (χ1) is 6.63. The molecule has 0 heterocycles. The summed E-state index contributed by atoms with van der Waals surface area (Å²) in [5.74, 6) is 2.02. The minimum Gasteiger partial charge on any atom is -0.311 e. The third-order valence-electron chi connectivity index (χ3n) is 4.54. The second-order valence-corrected chi connectivity index (χ2v) is 7.60. The minimum atomic E-state index is 0.513. The van der Waals surface area contributed by atoms with Gasteiger partial charge in [-0.15, -0.1) is 0 Å². The van der Waals surface area contributed by atoms with Gasteiger partial charge in [-0.2, -0.15) is 0 Å². The monoisotopic (exact) mass is 257 g/mol. The van der Waals surface area contributed by atoms with E-state index in [-0.39, 0.29) is 0 Å².